The molecule has 9 heteroatoms. The molecule has 37 heavy (non-hydrogen) atoms. The summed E-state index contributed by atoms with van der Waals surface area (Å²) in [7, 11) is 0. The zero-order valence-corrected chi connectivity index (χ0v) is 20.8. The van der Waals surface area contributed by atoms with E-state index in [1.165, 1.54) is 23.9 Å². The molecule has 0 bridgehead atoms. The summed E-state index contributed by atoms with van der Waals surface area (Å²) in [4.78, 5) is 32.9. The van der Waals surface area contributed by atoms with Gasteiger partial charge in [0.1, 0.15) is 11.6 Å². The lowest BCUT2D eigenvalue weighted by Crippen LogP contribution is -2.38. The third-order valence-electron chi connectivity index (χ3n) is 5.90. The van der Waals surface area contributed by atoms with Crippen molar-refractivity contribution in [2.45, 2.75) is 25.9 Å². The molecule has 2 aliphatic heterocycles. The van der Waals surface area contributed by atoms with Crippen LogP contribution in [0.25, 0.3) is 5.70 Å². The number of halogens is 1. The number of aliphatic imine (C=N–C) groups is 1. The van der Waals surface area contributed by atoms with Crippen LogP contribution in [0.4, 0.5) is 4.39 Å². The third kappa shape index (κ3) is 5.22. The van der Waals surface area contributed by atoms with E-state index in [4.69, 9.17) is 14.1 Å². The molecular formula is C28H24FN3O4S. The average Bonchev–Trinajstić information content (AvgIpc) is 3.57. The van der Waals surface area contributed by atoms with Crippen LogP contribution >= 0.6 is 11.8 Å². The number of hydrogen-bond acceptors (Lipinski definition) is 7. The van der Waals surface area contributed by atoms with Gasteiger partial charge < -0.3 is 19.4 Å². The first kappa shape index (κ1) is 24.6. The van der Waals surface area contributed by atoms with Gasteiger partial charge in [0, 0.05) is 11.3 Å². The molecule has 7 nitrogen and oxygen atoms in total. The fourth-order valence-electron chi connectivity index (χ4n) is 4.31. The first-order valence-corrected chi connectivity index (χ1v) is 12.7. The summed E-state index contributed by atoms with van der Waals surface area (Å²) in [5.41, 5.74) is 2.68. The molecule has 188 valence electrons. The molecule has 0 aliphatic carbocycles. The van der Waals surface area contributed by atoms with Crippen LogP contribution in [0, 0.1) is 5.82 Å². The van der Waals surface area contributed by atoms with E-state index >= 15 is 0 Å². The summed E-state index contributed by atoms with van der Waals surface area (Å²) in [6.07, 6.45) is 1.58. The molecule has 0 radical (unpaired) electrons. The molecule has 3 aromatic rings. The normalized spacial score (nSPS) is 16.7. The maximum Gasteiger partial charge on any atom is 0.338 e. The Morgan fingerprint density at radius 3 is 2.70 bits per heavy atom. The second-order valence-corrected chi connectivity index (χ2v) is 9.17. The number of nitrogens with zero attached hydrogens (tertiary/aromatic N) is 2. The second-order valence-electron chi connectivity index (χ2n) is 8.33. The quantitative estimate of drug-likeness (QED) is 0.403. The summed E-state index contributed by atoms with van der Waals surface area (Å²) >= 11 is 1.36. The van der Waals surface area contributed by atoms with Crippen LogP contribution in [0.1, 0.15) is 36.3 Å². The van der Waals surface area contributed by atoms with Gasteiger partial charge in [-0.3, -0.25) is 4.79 Å². The number of ether oxygens (including phenoxy) is 1. The summed E-state index contributed by atoms with van der Waals surface area (Å²) in [5, 5.41) is 5.28. The summed E-state index contributed by atoms with van der Waals surface area (Å²) < 4.78 is 25.2. The molecule has 2 aliphatic rings. The minimum atomic E-state index is -0.739. The molecular weight excluding hydrogens is 493 g/mol. The number of esters is 1. The Morgan fingerprint density at radius 1 is 1.14 bits per heavy atom. The lowest BCUT2D eigenvalue weighted by Gasteiger charge is -2.36. The van der Waals surface area contributed by atoms with E-state index < -0.39 is 17.8 Å². The maximum absolute atomic E-state index is 14.4. The molecule has 1 atom stereocenters. The van der Waals surface area contributed by atoms with E-state index in [2.05, 4.69) is 5.32 Å². The molecule has 2 aromatic carbocycles. The van der Waals surface area contributed by atoms with Gasteiger partial charge >= 0.3 is 5.97 Å². The minimum absolute atomic E-state index is 0.0370. The molecule has 0 saturated carbocycles. The topological polar surface area (TPSA) is 84.1 Å². The summed E-state index contributed by atoms with van der Waals surface area (Å²) in [6.45, 7) is 2.16. The lowest BCUT2D eigenvalue weighted by molar-refractivity contribution is -0.139. The number of nitrogens with one attached hydrogen (secondary N) is 1. The minimum Gasteiger partial charge on any atom is -0.467 e. The molecule has 0 fully saturated rings. The van der Waals surface area contributed by atoms with Crippen LogP contribution in [0.2, 0.25) is 0 Å². The van der Waals surface area contributed by atoms with Crippen molar-refractivity contribution in [2.24, 2.45) is 4.99 Å². The van der Waals surface area contributed by atoms with Crippen molar-refractivity contribution in [1.29, 1.82) is 0 Å². The van der Waals surface area contributed by atoms with Crippen molar-refractivity contribution >= 4 is 34.5 Å². The van der Waals surface area contributed by atoms with E-state index in [9.17, 15) is 14.0 Å². The smallest absolute Gasteiger partial charge is 0.338 e. The van der Waals surface area contributed by atoms with E-state index in [1.54, 1.807) is 37.5 Å². The fraction of sp³-hybridized carbons (Fsp3) is 0.179. The number of carbonyl (C=O) groups is 2. The van der Waals surface area contributed by atoms with Crippen LogP contribution in [0.3, 0.4) is 0 Å². The first-order chi connectivity index (χ1) is 18.0. The van der Waals surface area contributed by atoms with Gasteiger partial charge in [0.15, 0.2) is 5.17 Å². The summed E-state index contributed by atoms with van der Waals surface area (Å²) in [5.74, 6) is -0.560. The predicted octanol–water partition coefficient (Wildman–Crippen LogP) is 5.40. The number of carbonyl (C=O) groups excluding carboxylic acids is 2. The van der Waals surface area contributed by atoms with Gasteiger partial charge in [-0.05, 0) is 42.2 Å². The molecule has 0 saturated heterocycles. The lowest BCUT2D eigenvalue weighted by atomic mass is 9.91. The number of amidine groups is 1. The highest BCUT2D eigenvalue weighted by molar-refractivity contribution is 8.16. The van der Waals surface area contributed by atoms with Crippen molar-refractivity contribution in [3.63, 3.8) is 0 Å². The predicted molar refractivity (Wildman–Crippen MR) is 139 cm³/mol. The van der Waals surface area contributed by atoms with Crippen LogP contribution in [0.15, 0.2) is 99.1 Å². The Bertz CT molecular complexity index is 1400. The van der Waals surface area contributed by atoms with Crippen molar-refractivity contribution in [1.82, 2.24) is 10.2 Å². The average molecular weight is 518 g/mol. The van der Waals surface area contributed by atoms with E-state index in [1.807, 2.05) is 40.6 Å². The molecule has 3 heterocycles. The fourth-order valence-corrected chi connectivity index (χ4v) is 5.22. The van der Waals surface area contributed by atoms with Gasteiger partial charge in [0.2, 0.25) is 5.91 Å². The molecule has 1 N–H and O–H groups in total. The van der Waals surface area contributed by atoms with Gasteiger partial charge in [-0.2, -0.15) is 0 Å². The molecule has 0 spiro atoms. The number of fused-ring (bicyclic) bond motifs is 1. The number of amides is 1. The van der Waals surface area contributed by atoms with Crippen LogP contribution < -0.4 is 5.32 Å². The van der Waals surface area contributed by atoms with Gasteiger partial charge in [-0.15, -0.1) is 0 Å². The first-order valence-electron chi connectivity index (χ1n) is 11.8. The number of hydrogen-bond donors (Lipinski definition) is 1. The van der Waals surface area contributed by atoms with Crippen molar-refractivity contribution in [2.75, 3.05) is 6.61 Å². The molecule has 1 amide bonds. The highest BCUT2D eigenvalue weighted by atomic mass is 32.2. The highest BCUT2D eigenvalue weighted by Gasteiger charge is 2.42. The Hall–Kier alpha value is -4.11. The van der Waals surface area contributed by atoms with E-state index in [0.29, 0.717) is 27.9 Å². The zero-order chi connectivity index (χ0) is 25.8. The van der Waals surface area contributed by atoms with Crippen molar-refractivity contribution in [3.8, 4) is 0 Å². The van der Waals surface area contributed by atoms with E-state index in [0.717, 1.165) is 5.56 Å². The van der Waals surface area contributed by atoms with Crippen molar-refractivity contribution < 1.29 is 23.1 Å². The van der Waals surface area contributed by atoms with Gasteiger partial charge in [-0.25, -0.2) is 14.2 Å². The molecule has 1 unspecified atom stereocenters. The highest BCUT2D eigenvalue weighted by Crippen LogP contribution is 2.47. The molecule has 1 aromatic heterocycles. The Morgan fingerprint density at radius 2 is 1.97 bits per heavy atom. The van der Waals surface area contributed by atoms with Gasteiger partial charge in [0.25, 0.3) is 0 Å². The monoisotopic (exact) mass is 517 g/mol. The number of benzene rings is 2. The molecule has 5 rings (SSSR count). The van der Waals surface area contributed by atoms with Crippen molar-refractivity contribution in [3.05, 3.63) is 112 Å². The van der Waals surface area contributed by atoms with Gasteiger partial charge in [0.05, 0.1) is 43.1 Å². The van der Waals surface area contributed by atoms with Crippen LogP contribution in [0.5, 0.6) is 0 Å². The largest absolute Gasteiger partial charge is 0.467 e. The SMILES string of the molecule is CCOC(=O)C1=C(c2ccccc2)N=C2SC=C(CC(=O)NCc3ccco3)N2C1c1cccc(F)c1. The zero-order valence-electron chi connectivity index (χ0n) is 20.0. The maximum atomic E-state index is 14.4. The third-order valence-corrected chi connectivity index (χ3v) is 6.79. The second kappa shape index (κ2) is 10.9. The van der Waals surface area contributed by atoms with Crippen LogP contribution in [-0.2, 0) is 20.9 Å². The van der Waals surface area contributed by atoms with E-state index in [-0.39, 0.29) is 31.1 Å². The Kier molecular flexibility index (Phi) is 7.23. The van der Waals surface area contributed by atoms with Gasteiger partial charge in [-0.1, -0.05) is 54.2 Å². The standard InChI is InChI=1S/C28H24FN3O4S/c1-2-35-27(34)24-25(18-8-4-3-5-9-18)31-28-32(26(24)19-10-6-11-20(29)14-19)21(17-37-28)15-23(33)30-16-22-12-7-13-36-22/h3-14,17,26H,2,15-16H2,1H3,(H,30,33). The Balaban J connectivity index is 1.55. The number of thioether (sulfide) groups is 1. The number of furan rings is 1. The Labute approximate surface area is 217 Å². The van der Waals surface area contributed by atoms with Crippen LogP contribution in [-0.4, -0.2) is 28.6 Å². The summed E-state index contributed by atoms with van der Waals surface area (Å²) in [6, 6.07) is 18.3. The number of rotatable bonds is 8.